The van der Waals surface area contributed by atoms with Gasteiger partial charge in [-0.15, -0.1) is 0 Å². The summed E-state index contributed by atoms with van der Waals surface area (Å²) in [5.74, 6) is 1.54. The van der Waals surface area contributed by atoms with E-state index in [0.29, 0.717) is 55.5 Å². The molecule has 2 amide bonds. The fourth-order valence-electron chi connectivity index (χ4n) is 5.52. The van der Waals surface area contributed by atoms with Gasteiger partial charge in [-0.25, -0.2) is 0 Å². The van der Waals surface area contributed by atoms with Gasteiger partial charge in [0.1, 0.15) is 17.2 Å². The predicted octanol–water partition coefficient (Wildman–Crippen LogP) is 5.89. The molecule has 4 aromatic carbocycles. The summed E-state index contributed by atoms with van der Waals surface area (Å²) in [7, 11) is 1.59. The lowest BCUT2D eigenvalue weighted by atomic mass is 9.87. The third kappa shape index (κ3) is 6.04. The van der Waals surface area contributed by atoms with Crippen molar-refractivity contribution in [3.8, 4) is 28.7 Å². The van der Waals surface area contributed by atoms with E-state index in [1.165, 1.54) is 12.1 Å². The van der Waals surface area contributed by atoms with Crippen LogP contribution >= 0.6 is 0 Å². The monoisotopic (exact) mass is 576 g/mol. The number of aromatic hydroxyl groups is 1. The van der Waals surface area contributed by atoms with E-state index in [0.717, 1.165) is 22.3 Å². The van der Waals surface area contributed by atoms with E-state index < -0.39 is 5.91 Å². The minimum atomic E-state index is -0.400. The van der Waals surface area contributed by atoms with Crippen molar-refractivity contribution in [1.82, 2.24) is 10.2 Å². The molecule has 3 aliphatic heterocycles. The van der Waals surface area contributed by atoms with Gasteiger partial charge in [0.2, 0.25) is 5.91 Å². The summed E-state index contributed by atoms with van der Waals surface area (Å²) in [6, 6.07) is 25.6. The van der Waals surface area contributed by atoms with Crippen molar-refractivity contribution < 1.29 is 28.9 Å². The first kappa shape index (κ1) is 27.9. The summed E-state index contributed by atoms with van der Waals surface area (Å²) in [6.07, 6.45) is 4.63. The fourth-order valence-corrected chi connectivity index (χ4v) is 5.52. The molecule has 7 rings (SSSR count). The molecule has 0 aromatic heterocycles. The minimum Gasteiger partial charge on any atom is -0.507 e. The quantitative estimate of drug-likeness (QED) is 0.295. The molecule has 0 saturated heterocycles. The van der Waals surface area contributed by atoms with Crippen molar-refractivity contribution in [3.63, 3.8) is 0 Å². The number of amides is 2. The highest BCUT2D eigenvalue weighted by Crippen LogP contribution is 2.41. The number of ether oxygens (including phenoxy) is 3. The molecule has 3 aliphatic rings. The van der Waals surface area contributed by atoms with Crippen LogP contribution in [0.25, 0.3) is 6.08 Å². The third-order valence-corrected chi connectivity index (χ3v) is 7.66. The van der Waals surface area contributed by atoms with E-state index in [9.17, 15) is 14.7 Å². The molecule has 8 heteroatoms. The fraction of sp³-hybridized carbons (Fsp3) is 0.200. The Morgan fingerprint density at radius 3 is 2.67 bits per heavy atom. The smallest absolute Gasteiger partial charge is 0.255 e. The predicted molar refractivity (Wildman–Crippen MR) is 163 cm³/mol. The number of methoxy groups -OCH3 is 1. The molecule has 0 fully saturated rings. The summed E-state index contributed by atoms with van der Waals surface area (Å²) in [4.78, 5) is 28.4. The summed E-state index contributed by atoms with van der Waals surface area (Å²) in [5.41, 5.74) is 4.01. The minimum absolute atomic E-state index is 0.0902. The van der Waals surface area contributed by atoms with Crippen LogP contribution in [0.15, 0.2) is 91.0 Å². The molecule has 1 atom stereocenters. The molecule has 0 radical (unpaired) electrons. The SMILES string of the molecule is COc1ccc2cc1OCCCNC(=O)c1cc(ccc1O)Oc1ccc3c(c1)CCN(C(=O)C=Cc1ccccc1)C23. The second-order valence-corrected chi connectivity index (χ2v) is 10.4. The number of nitrogens with one attached hydrogen (secondary N) is 1. The normalized spacial score (nSPS) is 16.4. The third-order valence-electron chi connectivity index (χ3n) is 7.66. The lowest BCUT2D eigenvalue weighted by Crippen LogP contribution is -2.39. The van der Waals surface area contributed by atoms with Gasteiger partial charge in [-0.2, -0.15) is 0 Å². The Bertz CT molecular complexity index is 1680. The second-order valence-electron chi connectivity index (χ2n) is 10.4. The maximum Gasteiger partial charge on any atom is 0.255 e. The van der Waals surface area contributed by atoms with Gasteiger partial charge in [-0.1, -0.05) is 42.5 Å². The molecule has 0 aliphatic carbocycles. The Morgan fingerprint density at radius 2 is 1.84 bits per heavy atom. The number of nitrogens with zero attached hydrogens (tertiary/aromatic N) is 1. The first-order valence-electron chi connectivity index (χ1n) is 14.3. The van der Waals surface area contributed by atoms with E-state index in [1.807, 2.05) is 77.7 Å². The number of rotatable bonds is 3. The average molecular weight is 577 g/mol. The van der Waals surface area contributed by atoms with Crippen LogP contribution in [-0.2, 0) is 11.2 Å². The first-order valence-corrected chi connectivity index (χ1v) is 14.3. The number of hydrogen-bond donors (Lipinski definition) is 2. The lowest BCUT2D eigenvalue weighted by molar-refractivity contribution is -0.127. The Morgan fingerprint density at radius 1 is 1.02 bits per heavy atom. The van der Waals surface area contributed by atoms with Gasteiger partial charge in [0.05, 0.1) is 25.3 Å². The molecular formula is C35H32N2O6. The number of phenolic OH excluding ortho intramolecular Hbond substituents is 1. The van der Waals surface area contributed by atoms with Crippen LogP contribution in [0.5, 0.6) is 28.7 Å². The van der Waals surface area contributed by atoms with Crippen LogP contribution in [-0.4, -0.2) is 48.6 Å². The Balaban J connectivity index is 1.42. The average Bonchev–Trinajstić information content (AvgIpc) is 3.03. The molecule has 0 saturated carbocycles. The van der Waals surface area contributed by atoms with Crippen molar-refractivity contribution >= 4 is 17.9 Å². The summed E-state index contributed by atoms with van der Waals surface area (Å²) in [5, 5.41) is 13.1. The first-order chi connectivity index (χ1) is 21.0. The number of fused-ring (bicyclic) bond motifs is 6. The Hall–Kier alpha value is -5.24. The highest BCUT2D eigenvalue weighted by atomic mass is 16.5. The van der Waals surface area contributed by atoms with Crippen molar-refractivity contribution in [2.75, 3.05) is 26.8 Å². The second kappa shape index (κ2) is 12.3. The molecule has 2 N–H and O–H groups in total. The van der Waals surface area contributed by atoms with Gasteiger partial charge in [0.15, 0.2) is 11.5 Å². The number of benzene rings is 4. The summed E-state index contributed by atoms with van der Waals surface area (Å²) in [6.45, 7) is 1.17. The highest BCUT2D eigenvalue weighted by Gasteiger charge is 2.32. The van der Waals surface area contributed by atoms with E-state index in [4.69, 9.17) is 14.2 Å². The largest absolute Gasteiger partial charge is 0.507 e. The van der Waals surface area contributed by atoms with Gasteiger partial charge >= 0.3 is 0 Å². The topological polar surface area (TPSA) is 97.3 Å². The number of phenols is 1. The van der Waals surface area contributed by atoms with Gasteiger partial charge < -0.3 is 29.5 Å². The zero-order chi connectivity index (χ0) is 29.8. The van der Waals surface area contributed by atoms with Gasteiger partial charge in [-0.3, -0.25) is 9.59 Å². The van der Waals surface area contributed by atoms with Crippen molar-refractivity contribution in [2.24, 2.45) is 0 Å². The molecule has 8 bridgehead atoms. The number of carbonyl (C=O) groups excluding carboxylic acids is 2. The van der Waals surface area contributed by atoms with E-state index in [-0.39, 0.29) is 23.3 Å². The molecule has 1 unspecified atom stereocenters. The highest BCUT2D eigenvalue weighted by molar-refractivity contribution is 5.97. The number of carbonyl (C=O) groups is 2. The van der Waals surface area contributed by atoms with Gasteiger partial charge in [-0.05, 0) is 83.6 Å². The Labute approximate surface area is 250 Å². The van der Waals surface area contributed by atoms with Crippen molar-refractivity contribution in [1.29, 1.82) is 0 Å². The maximum atomic E-state index is 13.7. The van der Waals surface area contributed by atoms with Crippen LogP contribution < -0.4 is 19.5 Å². The van der Waals surface area contributed by atoms with Crippen molar-refractivity contribution in [3.05, 3.63) is 119 Å². The van der Waals surface area contributed by atoms with Crippen LogP contribution in [0, 0.1) is 0 Å². The van der Waals surface area contributed by atoms with Crippen molar-refractivity contribution in [2.45, 2.75) is 18.9 Å². The zero-order valence-corrected chi connectivity index (χ0v) is 23.8. The van der Waals surface area contributed by atoms with Crippen LogP contribution in [0.4, 0.5) is 0 Å². The van der Waals surface area contributed by atoms with E-state index in [1.54, 1.807) is 19.3 Å². The van der Waals surface area contributed by atoms with Crippen LogP contribution in [0.3, 0.4) is 0 Å². The number of hydrogen-bond acceptors (Lipinski definition) is 6. The molecular weight excluding hydrogens is 544 g/mol. The summed E-state index contributed by atoms with van der Waals surface area (Å²) < 4.78 is 17.8. The summed E-state index contributed by atoms with van der Waals surface area (Å²) >= 11 is 0. The standard InChI is InChI=1S/C35H32N2O6/c1-41-31-14-9-25-21-32(31)42-19-5-17-36-35(40)29-22-27(11-13-30(29)38)43-26-10-12-28-24(20-26)16-18-37(34(25)28)33(39)15-8-23-6-3-2-4-7-23/h2-4,6-15,20-22,34,38H,5,16-19H2,1H3,(H,36,40). The molecule has 4 aromatic rings. The molecule has 0 spiro atoms. The molecule has 43 heavy (non-hydrogen) atoms. The Kier molecular flexibility index (Phi) is 8.00. The zero-order valence-electron chi connectivity index (χ0n) is 23.8. The van der Waals surface area contributed by atoms with Gasteiger partial charge in [0, 0.05) is 19.2 Å². The van der Waals surface area contributed by atoms with E-state index in [2.05, 4.69) is 5.32 Å². The maximum absolute atomic E-state index is 13.7. The van der Waals surface area contributed by atoms with Gasteiger partial charge in [0.25, 0.3) is 5.91 Å². The van der Waals surface area contributed by atoms with Crippen LogP contribution in [0.2, 0.25) is 0 Å². The lowest BCUT2D eigenvalue weighted by Gasteiger charge is -2.37. The molecule has 3 heterocycles. The van der Waals surface area contributed by atoms with Crippen LogP contribution in [0.1, 0.15) is 45.1 Å². The molecule has 8 nitrogen and oxygen atoms in total. The molecule has 218 valence electrons. The van der Waals surface area contributed by atoms with E-state index >= 15 is 0 Å².